The van der Waals surface area contributed by atoms with Gasteiger partial charge in [0.25, 0.3) is 10.1 Å². The number of hydrogen-bond acceptors (Lipinski definition) is 3. The summed E-state index contributed by atoms with van der Waals surface area (Å²) in [6.07, 6.45) is 16.7. The molecule has 0 amide bonds. The third-order valence-electron chi connectivity index (χ3n) is 4.33. The summed E-state index contributed by atoms with van der Waals surface area (Å²) in [5.74, 6) is -0.248. The second-order valence-corrected chi connectivity index (χ2v) is 8.33. The van der Waals surface area contributed by atoms with Gasteiger partial charge < -0.3 is 5.11 Å². The SMILES string of the molecule is CCCCCCCCCCCCCCC(O)CCCS(=O)(=O)O.[MgH2]. The van der Waals surface area contributed by atoms with Gasteiger partial charge in [-0.15, -0.1) is 0 Å². The van der Waals surface area contributed by atoms with E-state index in [-0.39, 0.29) is 28.8 Å². The van der Waals surface area contributed by atoms with E-state index < -0.39 is 16.2 Å². The number of rotatable bonds is 17. The van der Waals surface area contributed by atoms with E-state index in [1.807, 2.05) is 0 Å². The molecule has 0 aromatic carbocycles. The molecule has 0 saturated heterocycles. The molecule has 0 aliphatic rings. The van der Waals surface area contributed by atoms with Gasteiger partial charge in [0.15, 0.2) is 0 Å². The molecule has 0 aliphatic heterocycles. The Kier molecular flexibility index (Phi) is 20.6. The third-order valence-corrected chi connectivity index (χ3v) is 5.14. The van der Waals surface area contributed by atoms with Crippen molar-refractivity contribution in [3.05, 3.63) is 0 Å². The molecule has 144 valence electrons. The predicted molar refractivity (Wildman–Crippen MR) is 106 cm³/mol. The van der Waals surface area contributed by atoms with E-state index in [4.69, 9.17) is 4.55 Å². The lowest BCUT2D eigenvalue weighted by Gasteiger charge is -2.09. The van der Waals surface area contributed by atoms with E-state index in [0.29, 0.717) is 12.8 Å². The molecule has 1 unspecified atom stereocenters. The van der Waals surface area contributed by atoms with Crippen molar-refractivity contribution >= 4 is 33.2 Å². The van der Waals surface area contributed by atoms with Crippen LogP contribution in [0.2, 0.25) is 0 Å². The van der Waals surface area contributed by atoms with Gasteiger partial charge in [-0.25, -0.2) is 0 Å². The van der Waals surface area contributed by atoms with Crippen molar-refractivity contribution in [2.75, 3.05) is 5.75 Å². The lowest BCUT2D eigenvalue weighted by molar-refractivity contribution is 0.150. The average Bonchev–Trinajstić information content (AvgIpc) is 2.47. The van der Waals surface area contributed by atoms with E-state index >= 15 is 0 Å². The van der Waals surface area contributed by atoms with Gasteiger partial charge in [0.2, 0.25) is 0 Å². The van der Waals surface area contributed by atoms with Gasteiger partial charge in [-0.1, -0.05) is 84.0 Å². The molecule has 0 spiro atoms. The molecule has 0 heterocycles. The number of aliphatic hydroxyl groups is 1. The zero-order chi connectivity index (χ0) is 17.4. The summed E-state index contributed by atoms with van der Waals surface area (Å²) in [6.45, 7) is 2.25. The highest BCUT2D eigenvalue weighted by Gasteiger charge is 2.08. The van der Waals surface area contributed by atoms with Gasteiger partial charge in [0, 0.05) is 0 Å². The third kappa shape index (κ3) is 22.6. The smallest absolute Gasteiger partial charge is 0.316 e. The maximum atomic E-state index is 10.6. The lowest BCUT2D eigenvalue weighted by atomic mass is 10.0. The fraction of sp³-hybridized carbons (Fsp3) is 1.00. The quantitative estimate of drug-likeness (QED) is 0.227. The molecule has 1 atom stereocenters. The second-order valence-electron chi connectivity index (χ2n) is 6.76. The van der Waals surface area contributed by atoms with E-state index in [9.17, 15) is 13.5 Å². The molecule has 0 radical (unpaired) electrons. The lowest BCUT2D eigenvalue weighted by Crippen LogP contribution is -2.10. The van der Waals surface area contributed by atoms with Gasteiger partial charge in [-0.3, -0.25) is 4.55 Å². The highest BCUT2D eigenvalue weighted by Crippen LogP contribution is 2.14. The zero-order valence-electron chi connectivity index (χ0n) is 15.0. The van der Waals surface area contributed by atoms with Crippen molar-refractivity contribution in [1.29, 1.82) is 0 Å². The first kappa shape index (κ1) is 26.9. The van der Waals surface area contributed by atoms with Crippen molar-refractivity contribution in [1.82, 2.24) is 0 Å². The van der Waals surface area contributed by atoms with Gasteiger partial charge >= 0.3 is 23.1 Å². The van der Waals surface area contributed by atoms with Crippen molar-refractivity contribution in [3.63, 3.8) is 0 Å². The molecular weight excluding hydrogens is 337 g/mol. The molecule has 6 heteroatoms. The maximum Gasteiger partial charge on any atom is 0.316 e. The Bertz CT molecular complexity index is 347. The summed E-state index contributed by atoms with van der Waals surface area (Å²) < 4.78 is 29.7. The van der Waals surface area contributed by atoms with Crippen LogP contribution in [0.3, 0.4) is 0 Å². The van der Waals surface area contributed by atoms with E-state index in [2.05, 4.69) is 6.92 Å². The summed E-state index contributed by atoms with van der Waals surface area (Å²) in [6, 6.07) is 0. The zero-order valence-corrected chi connectivity index (χ0v) is 15.8. The monoisotopic (exact) mass is 376 g/mol. The number of aliphatic hydroxyl groups excluding tert-OH is 1. The number of hydrogen-bond donors (Lipinski definition) is 2. The van der Waals surface area contributed by atoms with Crippen LogP contribution in [-0.2, 0) is 10.1 Å². The normalized spacial score (nSPS) is 12.8. The summed E-state index contributed by atoms with van der Waals surface area (Å²) in [5, 5.41) is 9.73. The first-order chi connectivity index (χ1) is 11.0. The topological polar surface area (TPSA) is 74.6 Å². The molecule has 0 aliphatic carbocycles. The van der Waals surface area contributed by atoms with Crippen LogP contribution >= 0.6 is 0 Å². The largest absolute Gasteiger partial charge is 0.393 e. The van der Waals surface area contributed by atoms with Crippen LogP contribution < -0.4 is 0 Å². The van der Waals surface area contributed by atoms with E-state index in [0.717, 1.165) is 19.3 Å². The molecule has 0 bridgehead atoms. The predicted octanol–water partition coefficient (Wildman–Crippen LogP) is 4.19. The van der Waals surface area contributed by atoms with Crippen molar-refractivity contribution in [3.8, 4) is 0 Å². The molecule has 2 N–H and O–H groups in total. The molecule has 0 aromatic rings. The van der Waals surface area contributed by atoms with Gasteiger partial charge in [0.05, 0.1) is 11.9 Å². The number of unbranched alkanes of at least 4 members (excludes halogenated alkanes) is 11. The Hall–Kier alpha value is 0.636. The van der Waals surface area contributed by atoms with Crippen molar-refractivity contribution in [2.45, 2.75) is 109 Å². The summed E-state index contributed by atoms with van der Waals surface area (Å²) in [4.78, 5) is 0. The second kappa shape index (κ2) is 18.4. The van der Waals surface area contributed by atoms with Gasteiger partial charge in [-0.2, -0.15) is 8.42 Å². The Balaban J connectivity index is 0. The first-order valence-electron chi connectivity index (χ1n) is 9.59. The van der Waals surface area contributed by atoms with Gasteiger partial charge in [0.1, 0.15) is 0 Å². The van der Waals surface area contributed by atoms with E-state index in [1.54, 1.807) is 0 Å². The van der Waals surface area contributed by atoms with Gasteiger partial charge in [-0.05, 0) is 19.3 Å². The maximum absolute atomic E-state index is 10.6. The Morgan fingerprint density at radius 2 is 1.08 bits per heavy atom. The van der Waals surface area contributed by atoms with E-state index in [1.165, 1.54) is 64.2 Å². The molecular formula is C18H40MgO4S. The first-order valence-corrected chi connectivity index (χ1v) is 11.2. The standard InChI is InChI=1S/C18H38O4S.Mg.2H/c1-2-3-4-5-6-7-8-9-10-11-12-13-15-18(19)16-14-17-23(20,21)22;;;/h18-19H,2-17H2,1H3,(H,20,21,22);;;. The minimum atomic E-state index is -3.88. The highest BCUT2D eigenvalue weighted by molar-refractivity contribution is 7.85. The summed E-state index contributed by atoms with van der Waals surface area (Å²) >= 11 is 0. The van der Waals surface area contributed by atoms with Crippen LogP contribution in [0, 0.1) is 0 Å². The molecule has 0 rings (SSSR count). The minimum Gasteiger partial charge on any atom is -0.393 e. The van der Waals surface area contributed by atoms with Crippen LogP contribution in [0.25, 0.3) is 0 Å². The Morgan fingerprint density at radius 3 is 1.50 bits per heavy atom. The highest BCUT2D eigenvalue weighted by atomic mass is 32.2. The molecule has 0 aromatic heterocycles. The average molecular weight is 377 g/mol. The Morgan fingerprint density at radius 1 is 0.708 bits per heavy atom. The Labute approximate surface area is 166 Å². The van der Waals surface area contributed by atoms with Crippen LogP contribution in [0.1, 0.15) is 103 Å². The fourth-order valence-corrected chi connectivity index (χ4v) is 3.40. The minimum absolute atomic E-state index is 0. The van der Waals surface area contributed by atoms with Crippen LogP contribution in [0.4, 0.5) is 0 Å². The summed E-state index contributed by atoms with van der Waals surface area (Å²) in [5.41, 5.74) is 0. The van der Waals surface area contributed by atoms with Crippen molar-refractivity contribution in [2.24, 2.45) is 0 Å². The van der Waals surface area contributed by atoms with Crippen LogP contribution in [-0.4, -0.2) is 53.0 Å². The van der Waals surface area contributed by atoms with Crippen molar-refractivity contribution < 1.29 is 18.1 Å². The fourth-order valence-electron chi connectivity index (χ4n) is 2.87. The molecule has 0 fully saturated rings. The molecule has 24 heavy (non-hydrogen) atoms. The molecule has 0 saturated carbocycles. The van der Waals surface area contributed by atoms with Crippen LogP contribution in [0.5, 0.6) is 0 Å². The molecule has 4 nitrogen and oxygen atoms in total. The van der Waals surface area contributed by atoms with Crippen LogP contribution in [0.15, 0.2) is 0 Å². The summed E-state index contributed by atoms with van der Waals surface area (Å²) in [7, 11) is -3.88.